The van der Waals surface area contributed by atoms with Gasteiger partial charge >= 0.3 is 24.0 Å². The van der Waals surface area contributed by atoms with Crippen LogP contribution in [0.4, 0.5) is 21.2 Å². The molecule has 2 fully saturated rings. The normalized spacial score (nSPS) is 18.7. The first-order chi connectivity index (χ1) is 15.8. The number of carbonyl (C=O) groups is 3. The standard InChI is InChI=1S/C19H25N5O9/c1-2-31-16(25)11-32-14-3-4-15(21-17(14)24(29)30)23-10-13(33-19(23)28)9-20-12-5-7-22(8-6-12)18(26)27/h3-4,12-13,20H,2,5-11H2,1H3,(H,26,27)/t13-/m1/s1. The molecular formula is C19H25N5O9. The van der Waals surface area contributed by atoms with Crippen molar-refractivity contribution in [3.8, 4) is 5.75 Å². The Labute approximate surface area is 188 Å². The molecule has 0 saturated carbocycles. The van der Waals surface area contributed by atoms with Gasteiger partial charge in [-0.05, 0) is 35.7 Å². The number of piperidine rings is 1. The summed E-state index contributed by atoms with van der Waals surface area (Å²) in [5, 5.41) is 23.7. The van der Waals surface area contributed by atoms with Gasteiger partial charge in [0.05, 0.1) is 13.2 Å². The van der Waals surface area contributed by atoms with E-state index in [9.17, 15) is 24.5 Å². The van der Waals surface area contributed by atoms with Crippen LogP contribution in [-0.2, 0) is 14.3 Å². The number of amides is 2. The second-order valence-electron chi connectivity index (χ2n) is 7.41. The number of nitro groups is 1. The highest BCUT2D eigenvalue weighted by molar-refractivity contribution is 5.88. The fraction of sp³-hybridized carbons (Fsp3) is 0.579. The number of nitrogens with zero attached hydrogens (tertiary/aromatic N) is 4. The molecule has 14 nitrogen and oxygen atoms in total. The molecule has 0 unspecified atom stereocenters. The number of anilines is 1. The number of rotatable bonds is 9. The summed E-state index contributed by atoms with van der Waals surface area (Å²) in [5.74, 6) is -1.53. The molecule has 14 heteroatoms. The maximum absolute atomic E-state index is 12.3. The van der Waals surface area contributed by atoms with Crippen LogP contribution < -0.4 is 15.0 Å². The number of carboxylic acid groups (broad SMARTS) is 1. The van der Waals surface area contributed by atoms with Crippen molar-refractivity contribution in [1.29, 1.82) is 0 Å². The summed E-state index contributed by atoms with van der Waals surface area (Å²) in [5.41, 5.74) is 0. The van der Waals surface area contributed by atoms with Crippen LogP contribution in [0.2, 0.25) is 0 Å². The third-order valence-corrected chi connectivity index (χ3v) is 5.20. The Morgan fingerprint density at radius 2 is 2.09 bits per heavy atom. The third-order valence-electron chi connectivity index (χ3n) is 5.20. The molecular weight excluding hydrogens is 442 g/mol. The van der Waals surface area contributed by atoms with E-state index in [1.807, 2.05) is 0 Å². The molecule has 3 heterocycles. The van der Waals surface area contributed by atoms with Gasteiger partial charge in [0.25, 0.3) is 5.82 Å². The molecule has 2 amide bonds. The highest BCUT2D eigenvalue weighted by Crippen LogP contribution is 2.29. The van der Waals surface area contributed by atoms with E-state index in [4.69, 9.17) is 19.3 Å². The van der Waals surface area contributed by atoms with Gasteiger partial charge < -0.3 is 39.6 Å². The van der Waals surface area contributed by atoms with Crippen LogP contribution in [0.1, 0.15) is 19.8 Å². The lowest BCUT2D eigenvalue weighted by Crippen LogP contribution is -2.46. The molecule has 1 aromatic rings. The molecule has 180 valence electrons. The van der Waals surface area contributed by atoms with Gasteiger partial charge in [-0.2, -0.15) is 0 Å². The minimum absolute atomic E-state index is 0.0208. The Hall–Kier alpha value is -3.68. The number of ether oxygens (including phenoxy) is 3. The van der Waals surface area contributed by atoms with E-state index in [2.05, 4.69) is 10.3 Å². The van der Waals surface area contributed by atoms with Crippen LogP contribution in [0.25, 0.3) is 0 Å². The Balaban J connectivity index is 1.57. The highest BCUT2D eigenvalue weighted by atomic mass is 16.6. The Bertz CT molecular complexity index is 904. The average molecular weight is 467 g/mol. The molecule has 2 aliphatic rings. The average Bonchev–Trinajstić information content (AvgIpc) is 3.17. The van der Waals surface area contributed by atoms with Crippen LogP contribution >= 0.6 is 0 Å². The first-order valence-corrected chi connectivity index (χ1v) is 10.4. The molecule has 0 aromatic carbocycles. The van der Waals surface area contributed by atoms with Crippen LogP contribution in [0.5, 0.6) is 5.75 Å². The number of hydrogen-bond acceptors (Lipinski definition) is 10. The lowest BCUT2D eigenvalue weighted by atomic mass is 10.1. The second kappa shape index (κ2) is 10.8. The summed E-state index contributed by atoms with van der Waals surface area (Å²) in [7, 11) is 0. The Morgan fingerprint density at radius 1 is 1.36 bits per heavy atom. The van der Waals surface area contributed by atoms with E-state index >= 15 is 0 Å². The van der Waals surface area contributed by atoms with Crippen LogP contribution in [0.15, 0.2) is 12.1 Å². The van der Waals surface area contributed by atoms with Gasteiger partial charge in [0.2, 0.25) is 5.75 Å². The van der Waals surface area contributed by atoms with Gasteiger partial charge in [-0.1, -0.05) is 0 Å². The summed E-state index contributed by atoms with van der Waals surface area (Å²) in [4.78, 5) is 51.8. The van der Waals surface area contributed by atoms with Crippen molar-refractivity contribution >= 4 is 29.8 Å². The van der Waals surface area contributed by atoms with Gasteiger partial charge in [0.1, 0.15) is 6.10 Å². The third kappa shape index (κ3) is 6.19. The van der Waals surface area contributed by atoms with Crippen molar-refractivity contribution in [2.75, 3.05) is 44.3 Å². The van der Waals surface area contributed by atoms with Crippen molar-refractivity contribution in [3.05, 3.63) is 22.2 Å². The fourth-order valence-electron chi connectivity index (χ4n) is 3.55. The van der Waals surface area contributed by atoms with E-state index in [1.54, 1.807) is 6.92 Å². The summed E-state index contributed by atoms with van der Waals surface area (Å²) in [6.07, 6.45) is -0.831. The van der Waals surface area contributed by atoms with E-state index in [0.29, 0.717) is 32.5 Å². The van der Waals surface area contributed by atoms with Gasteiger partial charge in [0.15, 0.2) is 6.61 Å². The zero-order valence-corrected chi connectivity index (χ0v) is 18.0. The summed E-state index contributed by atoms with van der Waals surface area (Å²) >= 11 is 0. The van der Waals surface area contributed by atoms with Crippen molar-refractivity contribution in [3.63, 3.8) is 0 Å². The number of nitrogens with one attached hydrogen (secondary N) is 1. The zero-order chi connectivity index (χ0) is 24.0. The van der Waals surface area contributed by atoms with E-state index in [0.717, 1.165) is 0 Å². The van der Waals surface area contributed by atoms with Crippen molar-refractivity contribution in [1.82, 2.24) is 15.2 Å². The lowest BCUT2D eigenvalue weighted by molar-refractivity contribution is -0.390. The minimum atomic E-state index is -0.937. The summed E-state index contributed by atoms with van der Waals surface area (Å²) < 4.78 is 15.2. The molecule has 1 atom stereocenters. The van der Waals surface area contributed by atoms with Crippen LogP contribution in [-0.4, -0.2) is 89.6 Å². The molecule has 0 radical (unpaired) electrons. The van der Waals surface area contributed by atoms with E-state index in [-0.39, 0.29) is 30.8 Å². The number of esters is 1. The van der Waals surface area contributed by atoms with E-state index in [1.165, 1.54) is 21.9 Å². The molecule has 3 rings (SSSR count). The second-order valence-corrected chi connectivity index (χ2v) is 7.41. The number of cyclic esters (lactones) is 1. The van der Waals surface area contributed by atoms with E-state index < -0.39 is 41.6 Å². The van der Waals surface area contributed by atoms with Gasteiger partial charge in [-0.25, -0.2) is 19.3 Å². The molecule has 0 bridgehead atoms. The number of likely N-dealkylation sites (tertiary alicyclic amines) is 1. The molecule has 2 saturated heterocycles. The predicted molar refractivity (Wildman–Crippen MR) is 111 cm³/mol. The maximum Gasteiger partial charge on any atom is 0.417 e. The SMILES string of the molecule is CCOC(=O)COc1ccc(N2C[C@@H](CNC3CCN(C(=O)O)CC3)OC2=O)nc1[N+](=O)[O-]. The largest absolute Gasteiger partial charge is 0.474 e. The fourth-order valence-corrected chi connectivity index (χ4v) is 3.55. The van der Waals surface area contributed by atoms with Gasteiger partial charge in [-0.3, -0.25) is 0 Å². The number of aromatic nitrogens is 1. The molecule has 33 heavy (non-hydrogen) atoms. The van der Waals surface area contributed by atoms with Crippen LogP contribution in [0.3, 0.4) is 0 Å². The van der Waals surface area contributed by atoms with Gasteiger partial charge in [-0.15, -0.1) is 0 Å². The maximum atomic E-state index is 12.3. The topological polar surface area (TPSA) is 174 Å². The first-order valence-electron chi connectivity index (χ1n) is 10.4. The molecule has 2 aliphatic heterocycles. The smallest absolute Gasteiger partial charge is 0.417 e. The van der Waals surface area contributed by atoms with Crippen molar-refractivity contribution in [2.45, 2.75) is 31.9 Å². The quantitative estimate of drug-likeness (QED) is 0.301. The minimum Gasteiger partial charge on any atom is -0.474 e. The monoisotopic (exact) mass is 467 g/mol. The molecule has 2 N–H and O–H groups in total. The lowest BCUT2D eigenvalue weighted by Gasteiger charge is -2.30. The highest BCUT2D eigenvalue weighted by Gasteiger charge is 2.37. The molecule has 0 aliphatic carbocycles. The number of hydrogen-bond donors (Lipinski definition) is 2. The van der Waals surface area contributed by atoms with Gasteiger partial charge in [0, 0.05) is 31.7 Å². The summed E-state index contributed by atoms with van der Waals surface area (Å²) in [6, 6.07) is 2.73. The molecule has 0 spiro atoms. The Kier molecular flexibility index (Phi) is 7.82. The first kappa shape index (κ1) is 24.0. The molecule has 1 aromatic heterocycles. The van der Waals surface area contributed by atoms with Crippen molar-refractivity contribution < 1.29 is 38.6 Å². The number of carbonyl (C=O) groups excluding carboxylic acids is 2. The summed E-state index contributed by atoms with van der Waals surface area (Å²) in [6.45, 7) is 2.60. The predicted octanol–water partition coefficient (Wildman–Crippen LogP) is 0.989. The van der Waals surface area contributed by atoms with Crippen molar-refractivity contribution in [2.24, 2.45) is 0 Å². The Morgan fingerprint density at radius 3 is 2.73 bits per heavy atom. The zero-order valence-electron chi connectivity index (χ0n) is 18.0. The van der Waals surface area contributed by atoms with Crippen LogP contribution in [0, 0.1) is 10.1 Å². The number of pyridine rings is 1.